The number of hydrogen-bond donors (Lipinski definition) is 1. The monoisotopic (exact) mass is 276 g/mol. The van der Waals surface area contributed by atoms with E-state index >= 15 is 0 Å². The van der Waals surface area contributed by atoms with Crippen molar-refractivity contribution in [1.82, 2.24) is 10.2 Å². The number of nitrogens with one attached hydrogen (secondary N) is 1. The van der Waals surface area contributed by atoms with E-state index in [0.29, 0.717) is 6.61 Å². The number of carbonyl (C=O) groups is 1. The van der Waals surface area contributed by atoms with Gasteiger partial charge in [-0.05, 0) is 26.0 Å². The maximum absolute atomic E-state index is 12.1. The first kappa shape index (κ1) is 15.0. The van der Waals surface area contributed by atoms with E-state index in [1.165, 1.54) is 5.56 Å². The molecule has 4 heteroatoms. The first-order valence-corrected chi connectivity index (χ1v) is 7.34. The second kappa shape index (κ2) is 7.41. The van der Waals surface area contributed by atoms with Crippen molar-refractivity contribution in [2.24, 2.45) is 5.92 Å². The first-order chi connectivity index (χ1) is 9.74. The highest BCUT2D eigenvalue weighted by Gasteiger charge is 2.34. The summed E-state index contributed by atoms with van der Waals surface area (Å²) in [5.74, 6) is -0.151. The lowest BCUT2D eigenvalue weighted by atomic mass is 9.92. The Balaban J connectivity index is 1.98. The normalized spacial score (nSPS) is 23.5. The van der Waals surface area contributed by atoms with Crippen molar-refractivity contribution in [1.29, 1.82) is 0 Å². The van der Waals surface area contributed by atoms with Crippen LogP contribution in [0, 0.1) is 5.92 Å². The summed E-state index contributed by atoms with van der Waals surface area (Å²) in [4.78, 5) is 14.4. The number of carbonyl (C=O) groups excluding carboxylic acids is 1. The fourth-order valence-corrected chi connectivity index (χ4v) is 2.84. The highest BCUT2D eigenvalue weighted by molar-refractivity contribution is 5.73. The molecule has 1 fully saturated rings. The summed E-state index contributed by atoms with van der Waals surface area (Å²) < 4.78 is 5.21. The average Bonchev–Trinajstić information content (AvgIpc) is 2.48. The number of hydrogen-bond acceptors (Lipinski definition) is 4. The number of likely N-dealkylation sites (tertiary alicyclic amines) is 1. The quantitative estimate of drug-likeness (QED) is 0.831. The van der Waals surface area contributed by atoms with Gasteiger partial charge in [-0.25, -0.2) is 0 Å². The van der Waals surface area contributed by atoms with Crippen LogP contribution in [0.4, 0.5) is 0 Å². The Kier molecular flexibility index (Phi) is 5.56. The Bertz CT molecular complexity index is 422. The molecule has 2 rings (SSSR count). The summed E-state index contributed by atoms with van der Waals surface area (Å²) >= 11 is 0. The van der Waals surface area contributed by atoms with E-state index in [9.17, 15) is 4.79 Å². The third-order valence-electron chi connectivity index (χ3n) is 3.91. The molecule has 4 nitrogen and oxygen atoms in total. The molecule has 110 valence electrons. The second-order valence-electron chi connectivity index (χ2n) is 5.26. The molecule has 1 aromatic rings. The van der Waals surface area contributed by atoms with Crippen molar-refractivity contribution in [3.63, 3.8) is 0 Å². The van der Waals surface area contributed by atoms with Gasteiger partial charge >= 0.3 is 5.97 Å². The zero-order valence-electron chi connectivity index (χ0n) is 12.3. The third-order valence-corrected chi connectivity index (χ3v) is 3.91. The lowest BCUT2D eigenvalue weighted by Gasteiger charge is -2.37. The number of rotatable bonds is 5. The molecule has 1 aliphatic heterocycles. The molecule has 0 aliphatic carbocycles. The van der Waals surface area contributed by atoms with Gasteiger partial charge in [0.25, 0.3) is 0 Å². The predicted molar refractivity (Wildman–Crippen MR) is 79.3 cm³/mol. The van der Waals surface area contributed by atoms with Crippen LogP contribution in [0.1, 0.15) is 18.9 Å². The van der Waals surface area contributed by atoms with Crippen LogP contribution in [0.3, 0.4) is 0 Å². The van der Waals surface area contributed by atoms with Crippen LogP contribution in [0.2, 0.25) is 0 Å². The predicted octanol–water partition coefficient (Wildman–Crippen LogP) is 1.66. The Morgan fingerprint density at radius 1 is 1.40 bits per heavy atom. The minimum atomic E-state index is -0.0791. The van der Waals surface area contributed by atoms with Gasteiger partial charge < -0.3 is 10.1 Å². The van der Waals surface area contributed by atoms with Crippen molar-refractivity contribution in [2.75, 3.05) is 26.7 Å². The van der Waals surface area contributed by atoms with Crippen LogP contribution in [0.5, 0.6) is 0 Å². The molecule has 1 aliphatic rings. The van der Waals surface area contributed by atoms with Gasteiger partial charge in [-0.15, -0.1) is 0 Å². The summed E-state index contributed by atoms with van der Waals surface area (Å²) in [7, 11) is 1.92. The number of ether oxygens (including phenoxy) is 1. The van der Waals surface area contributed by atoms with Gasteiger partial charge in [0.15, 0.2) is 0 Å². The van der Waals surface area contributed by atoms with Crippen LogP contribution in [-0.4, -0.2) is 43.7 Å². The highest BCUT2D eigenvalue weighted by atomic mass is 16.5. The molecule has 0 radical (unpaired) electrons. The van der Waals surface area contributed by atoms with Crippen LogP contribution >= 0.6 is 0 Å². The molecular weight excluding hydrogens is 252 g/mol. The summed E-state index contributed by atoms with van der Waals surface area (Å²) in [6.45, 7) is 4.98. The molecule has 2 unspecified atom stereocenters. The summed E-state index contributed by atoms with van der Waals surface area (Å²) in [5.41, 5.74) is 1.29. The van der Waals surface area contributed by atoms with Crippen LogP contribution in [0.25, 0.3) is 0 Å². The van der Waals surface area contributed by atoms with Gasteiger partial charge in [-0.2, -0.15) is 0 Å². The van der Waals surface area contributed by atoms with E-state index in [0.717, 1.165) is 26.1 Å². The van der Waals surface area contributed by atoms with E-state index in [1.54, 1.807) is 0 Å². The van der Waals surface area contributed by atoms with E-state index in [1.807, 2.05) is 20.0 Å². The van der Waals surface area contributed by atoms with Gasteiger partial charge in [0.05, 0.1) is 12.5 Å². The van der Waals surface area contributed by atoms with Gasteiger partial charge in [-0.3, -0.25) is 9.69 Å². The average molecular weight is 276 g/mol. The standard InChI is InChI=1S/C16H24N2O2/c1-3-20-16(19)14-12-18(10-9-15(14)17-2)11-13-7-5-4-6-8-13/h4-8,14-15,17H,3,9-12H2,1-2H3. The molecule has 0 amide bonds. The molecular formula is C16H24N2O2. The highest BCUT2D eigenvalue weighted by Crippen LogP contribution is 2.20. The second-order valence-corrected chi connectivity index (χ2v) is 5.26. The number of esters is 1. The van der Waals surface area contributed by atoms with Gasteiger partial charge in [0.2, 0.25) is 0 Å². The SMILES string of the molecule is CCOC(=O)C1CN(Cc2ccccc2)CCC1NC. The first-order valence-electron chi connectivity index (χ1n) is 7.34. The van der Waals surface area contributed by atoms with E-state index in [-0.39, 0.29) is 17.9 Å². The Morgan fingerprint density at radius 3 is 2.80 bits per heavy atom. The van der Waals surface area contributed by atoms with Crippen LogP contribution < -0.4 is 5.32 Å². The largest absolute Gasteiger partial charge is 0.466 e. The minimum absolute atomic E-state index is 0.0718. The Hall–Kier alpha value is -1.39. The molecule has 0 spiro atoms. The van der Waals surface area contributed by atoms with Crippen molar-refractivity contribution >= 4 is 5.97 Å². The van der Waals surface area contributed by atoms with Gasteiger partial charge in [0, 0.05) is 25.7 Å². The summed E-state index contributed by atoms with van der Waals surface area (Å²) in [6, 6.07) is 10.6. The minimum Gasteiger partial charge on any atom is -0.466 e. The van der Waals surface area contributed by atoms with E-state index in [2.05, 4.69) is 34.5 Å². The van der Waals surface area contributed by atoms with E-state index in [4.69, 9.17) is 4.74 Å². The maximum Gasteiger partial charge on any atom is 0.311 e. The zero-order chi connectivity index (χ0) is 14.4. The fraction of sp³-hybridized carbons (Fsp3) is 0.562. The van der Waals surface area contributed by atoms with Crippen molar-refractivity contribution in [2.45, 2.75) is 25.9 Å². The van der Waals surface area contributed by atoms with Crippen LogP contribution in [0.15, 0.2) is 30.3 Å². The van der Waals surface area contributed by atoms with Crippen LogP contribution in [-0.2, 0) is 16.1 Å². The van der Waals surface area contributed by atoms with Gasteiger partial charge in [-0.1, -0.05) is 30.3 Å². The Labute approximate surface area is 121 Å². The third kappa shape index (κ3) is 3.81. The molecule has 0 saturated carbocycles. The maximum atomic E-state index is 12.1. The number of piperidine rings is 1. The van der Waals surface area contributed by atoms with Crippen molar-refractivity contribution in [3.8, 4) is 0 Å². The zero-order valence-corrected chi connectivity index (χ0v) is 12.3. The molecule has 1 saturated heterocycles. The topological polar surface area (TPSA) is 41.6 Å². The number of nitrogens with zero attached hydrogens (tertiary/aromatic N) is 1. The molecule has 1 aromatic carbocycles. The molecule has 20 heavy (non-hydrogen) atoms. The summed E-state index contributed by atoms with van der Waals surface area (Å²) in [5, 5.41) is 3.25. The summed E-state index contributed by atoms with van der Waals surface area (Å²) in [6.07, 6.45) is 0.979. The van der Waals surface area contributed by atoms with Crippen molar-refractivity contribution < 1.29 is 9.53 Å². The number of benzene rings is 1. The lowest BCUT2D eigenvalue weighted by Crippen LogP contribution is -2.51. The smallest absolute Gasteiger partial charge is 0.311 e. The molecule has 0 bridgehead atoms. The van der Waals surface area contributed by atoms with Gasteiger partial charge in [0.1, 0.15) is 0 Å². The lowest BCUT2D eigenvalue weighted by molar-refractivity contribution is -0.151. The Morgan fingerprint density at radius 2 is 2.15 bits per heavy atom. The molecule has 1 N–H and O–H groups in total. The molecule has 0 aromatic heterocycles. The fourth-order valence-electron chi connectivity index (χ4n) is 2.84. The van der Waals surface area contributed by atoms with Crippen molar-refractivity contribution in [3.05, 3.63) is 35.9 Å². The molecule has 1 heterocycles. The molecule has 2 atom stereocenters. The van der Waals surface area contributed by atoms with E-state index < -0.39 is 0 Å².